The summed E-state index contributed by atoms with van der Waals surface area (Å²) in [4.78, 5) is 12.9. The first kappa shape index (κ1) is 14.0. The molecule has 0 aliphatic carbocycles. The second-order valence-corrected chi connectivity index (χ2v) is 5.61. The molecule has 0 saturated heterocycles. The number of carboxylic acids is 1. The van der Waals surface area contributed by atoms with Crippen molar-refractivity contribution in [2.45, 2.75) is 9.79 Å². The highest BCUT2D eigenvalue weighted by Crippen LogP contribution is 2.38. The van der Waals surface area contributed by atoms with Crippen LogP contribution >= 0.6 is 27.7 Å². The highest BCUT2D eigenvalue weighted by atomic mass is 79.9. The summed E-state index contributed by atoms with van der Waals surface area (Å²) in [7, 11) is 1.60. The van der Waals surface area contributed by atoms with Crippen molar-refractivity contribution in [1.29, 1.82) is 0 Å². The van der Waals surface area contributed by atoms with E-state index in [0.717, 1.165) is 10.6 Å². The van der Waals surface area contributed by atoms with E-state index in [4.69, 9.17) is 4.74 Å². The molecule has 0 amide bonds. The summed E-state index contributed by atoms with van der Waals surface area (Å²) >= 11 is 4.64. The minimum Gasteiger partial charge on any atom is -0.496 e. The molecular formula is C14H11BrO3S. The normalized spacial score (nSPS) is 10.2. The molecule has 5 heteroatoms. The third-order valence-corrected chi connectivity index (χ3v) is 4.26. The van der Waals surface area contributed by atoms with E-state index in [-0.39, 0.29) is 5.56 Å². The fourth-order valence-corrected chi connectivity index (χ4v) is 3.37. The minimum atomic E-state index is -0.954. The number of carbonyl (C=O) groups is 1. The Hall–Kier alpha value is -1.46. The Morgan fingerprint density at radius 2 is 1.84 bits per heavy atom. The summed E-state index contributed by atoms with van der Waals surface area (Å²) in [5, 5.41) is 9.28. The van der Waals surface area contributed by atoms with Gasteiger partial charge < -0.3 is 9.84 Å². The largest absolute Gasteiger partial charge is 0.496 e. The lowest BCUT2D eigenvalue weighted by molar-refractivity contribution is 0.0692. The number of methoxy groups -OCH3 is 1. The molecule has 0 aromatic heterocycles. The number of rotatable bonds is 4. The van der Waals surface area contributed by atoms with Gasteiger partial charge in [0.15, 0.2) is 0 Å². The van der Waals surface area contributed by atoms with Crippen LogP contribution in [0.4, 0.5) is 0 Å². The number of hydrogen-bond donors (Lipinski definition) is 1. The van der Waals surface area contributed by atoms with E-state index in [2.05, 4.69) is 15.9 Å². The second kappa shape index (κ2) is 6.12. The molecule has 0 bridgehead atoms. The maximum atomic E-state index is 11.3. The summed E-state index contributed by atoms with van der Waals surface area (Å²) in [6, 6.07) is 12.8. The standard InChI is InChI=1S/C14H11BrO3S/c1-18-10-6-2-3-7-11(10)19-12-8-4-5-9(15)13(12)14(16)17/h2-8H,1H3,(H,16,17). The van der Waals surface area contributed by atoms with Gasteiger partial charge in [-0.2, -0.15) is 0 Å². The van der Waals surface area contributed by atoms with Crippen molar-refractivity contribution in [3.8, 4) is 5.75 Å². The third-order valence-electron chi connectivity index (χ3n) is 2.48. The van der Waals surface area contributed by atoms with E-state index in [1.165, 1.54) is 11.8 Å². The Labute approximate surface area is 123 Å². The van der Waals surface area contributed by atoms with Crippen LogP contribution in [0.5, 0.6) is 5.75 Å². The molecule has 0 saturated carbocycles. The van der Waals surface area contributed by atoms with Crippen LogP contribution in [0.25, 0.3) is 0 Å². The Kier molecular flexibility index (Phi) is 4.50. The van der Waals surface area contributed by atoms with Gasteiger partial charge in [0, 0.05) is 9.37 Å². The first-order valence-corrected chi connectivity index (χ1v) is 7.07. The molecule has 2 rings (SSSR count). The topological polar surface area (TPSA) is 46.5 Å². The Morgan fingerprint density at radius 1 is 1.16 bits per heavy atom. The van der Waals surface area contributed by atoms with Crippen LogP contribution in [0.2, 0.25) is 0 Å². The Morgan fingerprint density at radius 3 is 2.53 bits per heavy atom. The number of hydrogen-bond acceptors (Lipinski definition) is 3. The number of halogens is 1. The summed E-state index contributed by atoms with van der Waals surface area (Å²) in [6.07, 6.45) is 0. The quantitative estimate of drug-likeness (QED) is 0.902. The molecule has 0 spiro atoms. The Bertz CT molecular complexity index is 613. The molecule has 2 aromatic carbocycles. The van der Waals surface area contributed by atoms with Crippen molar-refractivity contribution >= 4 is 33.7 Å². The molecule has 0 fully saturated rings. The predicted molar refractivity (Wildman–Crippen MR) is 78.2 cm³/mol. The molecular weight excluding hydrogens is 328 g/mol. The summed E-state index contributed by atoms with van der Waals surface area (Å²) in [5.41, 5.74) is 0.262. The molecule has 19 heavy (non-hydrogen) atoms. The molecule has 0 heterocycles. The van der Waals surface area contributed by atoms with E-state index in [1.807, 2.05) is 30.3 Å². The molecule has 98 valence electrons. The van der Waals surface area contributed by atoms with Crippen molar-refractivity contribution in [2.24, 2.45) is 0 Å². The van der Waals surface area contributed by atoms with E-state index in [0.29, 0.717) is 9.37 Å². The van der Waals surface area contributed by atoms with Crippen LogP contribution in [0, 0.1) is 0 Å². The van der Waals surface area contributed by atoms with Gasteiger partial charge >= 0.3 is 5.97 Å². The van der Waals surface area contributed by atoms with Gasteiger partial charge in [0.05, 0.1) is 17.6 Å². The minimum absolute atomic E-state index is 0.262. The molecule has 0 aliphatic heterocycles. The van der Waals surface area contributed by atoms with Gasteiger partial charge in [-0.25, -0.2) is 4.79 Å². The smallest absolute Gasteiger partial charge is 0.338 e. The fourth-order valence-electron chi connectivity index (χ4n) is 1.62. The maximum Gasteiger partial charge on any atom is 0.338 e. The summed E-state index contributed by atoms with van der Waals surface area (Å²) in [5.74, 6) is -0.228. The molecule has 0 atom stereocenters. The monoisotopic (exact) mass is 338 g/mol. The van der Waals surface area contributed by atoms with E-state index in [9.17, 15) is 9.90 Å². The molecule has 2 aromatic rings. The van der Waals surface area contributed by atoms with Gasteiger partial charge in [0.25, 0.3) is 0 Å². The average molecular weight is 339 g/mol. The zero-order valence-electron chi connectivity index (χ0n) is 10.1. The first-order valence-electron chi connectivity index (χ1n) is 5.46. The van der Waals surface area contributed by atoms with E-state index in [1.54, 1.807) is 19.2 Å². The van der Waals surface area contributed by atoms with Gasteiger partial charge in [0.1, 0.15) is 5.75 Å². The third kappa shape index (κ3) is 3.11. The van der Waals surface area contributed by atoms with Gasteiger partial charge in [-0.05, 0) is 40.2 Å². The highest BCUT2D eigenvalue weighted by molar-refractivity contribution is 9.10. The van der Waals surface area contributed by atoms with Crippen LogP contribution < -0.4 is 4.74 Å². The van der Waals surface area contributed by atoms with Gasteiger partial charge in [-0.3, -0.25) is 0 Å². The van der Waals surface area contributed by atoms with Crippen molar-refractivity contribution in [3.05, 3.63) is 52.5 Å². The fraction of sp³-hybridized carbons (Fsp3) is 0.0714. The number of aromatic carboxylic acids is 1. The highest BCUT2D eigenvalue weighted by Gasteiger charge is 2.16. The van der Waals surface area contributed by atoms with Crippen molar-refractivity contribution in [2.75, 3.05) is 7.11 Å². The van der Waals surface area contributed by atoms with Crippen LogP contribution in [0.1, 0.15) is 10.4 Å². The first-order chi connectivity index (χ1) is 9.13. The second-order valence-electron chi connectivity index (χ2n) is 3.67. The zero-order valence-corrected chi connectivity index (χ0v) is 12.5. The van der Waals surface area contributed by atoms with Gasteiger partial charge in [0.2, 0.25) is 0 Å². The number of benzene rings is 2. The summed E-state index contributed by atoms with van der Waals surface area (Å²) < 4.78 is 5.84. The van der Waals surface area contributed by atoms with Gasteiger partial charge in [-0.1, -0.05) is 30.0 Å². The Balaban J connectivity index is 2.44. The molecule has 3 nitrogen and oxygen atoms in total. The average Bonchev–Trinajstić information content (AvgIpc) is 2.39. The lowest BCUT2D eigenvalue weighted by atomic mass is 10.2. The lowest BCUT2D eigenvalue weighted by Crippen LogP contribution is -2.00. The van der Waals surface area contributed by atoms with Crippen molar-refractivity contribution in [3.63, 3.8) is 0 Å². The predicted octanol–water partition coefficient (Wildman–Crippen LogP) is 4.31. The van der Waals surface area contributed by atoms with E-state index < -0.39 is 5.97 Å². The van der Waals surface area contributed by atoms with Crippen molar-refractivity contribution < 1.29 is 14.6 Å². The van der Waals surface area contributed by atoms with Crippen LogP contribution in [-0.4, -0.2) is 18.2 Å². The number of carboxylic acid groups (broad SMARTS) is 1. The maximum absolute atomic E-state index is 11.3. The molecule has 0 aliphatic rings. The number of para-hydroxylation sites is 1. The SMILES string of the molecule is COc1ccccc1Sc1cccc(Br)c1C(=O)O. The van der Waals surface area contributed by atoms with Gasteiger partial charge in [-0.15, -0.1) is 0 Å². The number of ether oxygens (including phenoxy) is 1. The van der Waals surface area contributed by atoms with Crippen LogP contribution in [-0.2, 0) is 0 Å². The molecule has 0 radical (unpaired) electrons. The van der Waals surface area contributed by atoms with Crippen LogP contribution in [0.3, 0.4) is 0 Å². The zero-order chi connectivity index (χ0) is 13.8. The van der Waals surface area contributed by atoms with Crippen LogP contribution in [0.15, 0.2) is 56.7 Å². The lowest BCUT2D eigenvalue weighted by Gasteiger charge is -2.10. The summed E-state index contributed by atoms with van der Waals surface area (Å²) in [6.45, 7) is 0. The molecule has 1 N–H and O–H groups in total. The van der Waals surface area contributed by atoms with Crippen molar-refractivity contribution in [1.82, 2.24) is 0 Å². The van der Waals surface area contributed by atoms with E-state index >= 15 is 0 Å². The molecule has 0 unspecified atom stereocenters.